The third-order valence-electron chi connectivity index (χ3n) is 12.5. The Morgan fingerprint density at radius 3 is 0.379 bits per heavy atom. The van der Waals surface area contributed by atoms with E-state index in [4.69, 9.17) is 24.4 Å². The van der Waals surface area contributed by atoms with Gasteiger partial charge in [0.25, 0.3) is 0 Å². The molecule has 0 aliphatic carbocycles. The highest BCUT2D eigenvalue weighted by Crippen LogP contribution is 2.35. The molecule has 6 nitrogen and oxygen atoms in total. The number of hydrogen-bond donors (Lipinski definition) is 4. The number of carboxylic acids is 1. The van der Waals surface area contributed by atoms with Crippen LogP contribution in [-0.4, -0.2) is 25.8 Å². The average molecular weight is 1230 g/mol. The van der Waals surface area contributed by atoms with Gasteiger partial charge in [-0.05, 0) is 102 Å². The number of carboxylic acid groups (broad SMARTS) is 1. The molecule has 0 heterocycles. The molecule has 0 unspecified atom stereocenters. The van der Waals surface area contributed by atoms with Gasteiger partial charge in [-0.2, -0.15) is 0 Å². The largest absolute Gasteiger partial charge is 0.478 e. The quantitative estimate of drug-likeness (QED) is 0.0675. The molecule has 0 aromatic heterocycles. The van der Waals surface area contributed by atoms with Crippen molar-refractivity contribution in [3.8, 4) is 0 Å². The average Bonchev–Trinajstić information content (AvgIpc) is 3.35. The number of hydrogen-bond acceptors (Lipinski definition) is 2. The molecular weight excluding hydrogens is 1160 g/mol. The van der Waals surface area contributed by atoms with Gasteiger partial charge >= 0.3 is 13.8 Å². The maximum absolute atomic E-state index is 9.60. The normalized spacial score (nSPS) is 10.4. The highest BCUT2D eigenvalue weighted by molar-refractivity contribution is 7.81. The molecule has 0 fully saturated rings. The van der Waals surface area contributed by atoms with Crippen molar-refractivity contribution in [2.24, 2.45) is 0 Å². The first-order valence-electron chi connectivity index (χ1n) is 27.9. The molecule has 12 aromatic carbocycles. The number of carbonyl (C=O) groups is 1. The zero-order valence-electron chi connectivity index (χ0n) is 48.2. The van der Waals surface area contributed by atoms with Crippen molar-refractivity contribution in [2.45, 2.75) is 6.92 Å². The Hall–Kier alpha value is -8.32. The molecule has 0 amide bonds. The summed E-state index contributed by atoms with van der Waals surface area (Å²) in [5, 5.41) is 24.7. The second kappa shape index (κ2) is 36.6. The maximum Gasteiger partial charge on any atom is 0.466 e. The van der Waals surface area contributed by atoms with Crippen LogP contribution in [0, 0.1) is 0 Å². The molecule has 0 saturated heterocycles. The highest BCUT2D eigenvalue weighted by atomic mass is 31.2. The van der Waals surface area contributed by atoms with E-state index in [0.29, 0.717) is 0 Å². The number of rotatable bonds is 13. The number of aliphatic carboxylic acids is 1. The molecule has 0 spiro atoms. The fourth-order valence-corrected chi connectivity index (χ4v) is 17.9. The van der Waals surface area contributed by atoms with E-state index in [-0.39, 0.29) is 5.57 Å². The number of benzene rings is 12. The van der Waals surface area contributed by atoms with Crippen LogP contribution in [-0.2, 0) is 9.36 Å². The van der Waals surface area contributed by atoms with Gasteiger partial charge in [-0.25, -0.2) is 9.36 Å². The predicted octanol–water partition coefficient (Wildman–Crippen LogP) is 13.5. The standard InChI is InChI=1S/4C18H15P.C4H6O2.H3O4P/c4*1-4-10-16(11-5-1)19(17-12-6-2-7-13-17)18-14-8-3-9-15-18;1-3(2)4(5)6;1-5(2,3)4/h4*1-15H;1H2,2H3,(H,5,6);(H3,1,2,3,4). The van der Waals surface area contributed by atoms with Gasteiger partial charge in [0.05, 0.1) is 0 Å². The molecule has 0 atom stereocenters. The van der Waals surface area contributed by atoms with Crippen LogP contribution < -0.4 is 63.7 Å². The third kappa shape index (κ3) is 22.8. The molecule has 4 N–H and O–H groups in total. The second-order valence-electron chi connectivity index (χ2n) is 19.0. The Balaban J connectivity index is 0.000000156. The SMILES string of the molecule is C=C(C)C(=O)O.O=P(O)(O)O.c1ccc(P(c2ccccc2)c2ccccc2)cc1.c1ccc(P(c2ccccc2)c2ccccc2)cc1.c1ccc(P(c2ccccc2)c2ccccc2)cc1.c1ccc(P(c2ccccc2)c2ccccc2)cc1. The van der Waals surface area contributed by atoms with E-state index in [1.165, 1.54) is 70.6 Å². The van der Waals surface area contributed by atoms with E-state index in [2.05, 4.69) is 371 Å². The summed E-state index contributed by atoms with van der Waals surface area (Å²) in [5.74, 6) is -0.935. The lowest BCUT2D eigenvalue weighted by Crippen LogP contribution is -2.20. The summed E-state index contributed by atoms with van der Waals surface area (Å²) >= 11 is 0. The van der Waals surface area contributed by atoms with Gasteiger partial charge in [-0.1, -0.05) is 371 Å². The Labute approximate surface area is 518 Å². The zero-order chi connectivity index (χ0) is 61.3. The first-order chi connectivity index (χ1) is 42.4. The molecule has 87 heavy (non-hydrogen) atoms. The monoisotopic (exact) mass is 1230 g/mol. The number of phosphoric acid groups is 1. The lowest BCUT2D eigenvalue weighted by Gasteiger charge is -2.18. The van der Waals surface area contributed by atoms with Crippen molar-refractivity contribution in [3.05, 3.63) is 376 Å². The molecule has 0 aliphatic rings. The van der Waals surface area contributed by atoms with Crippen LogP contribution in [0.25, 0.3) is 0 Å². The summed E-state index contributed by atoms with van der Waals surface area (Å²) in [6.45, 7) is 4.60. The highest BCUT2D eigenvalue weighted by Gasteiger charge is 2.18. The predicted molar refractivity (Wildman–Crippen MR) is 377 cm³/mol. The van der Waals surface area contributed by atoms with Gasteiger partial charge in [0.2, 0.25) is 0 Å². The first-order valence-corrected chi connectivity index (χ1v) is 34.9. The lowest BCUT2D eigenvalue weighted by atomic mass is 10.4. The van der Waals surface area contributed by atoms with Gasteiger partial charge in [0, 0.05) is 5.57 Å². The van der Waals surface area contributed by atoms with Crippen molar-refractivity contribution in [3.63, 3.8) is 0 Å². The van der Waals surface area contributed by atoms with Gasteiger partial charge in [-0.3, -0.25) is 0 Å². The summed E-state index contributed by atoms with van der Waals surface area (Å²) < 4.78 is 8.88. The summed E-state index contributed by atoms with van der Waals surface area (Å²) in [6, 6.07) is 129. The minimum Gasteiger partial charge on any atom is -0.478 e. The zero-order valence-corrected chi connectivity index (χ0v) is 52.7. The van der Waals surface area contributed by atoms with Crippen molar-refractivity contribution in [2.75, 3.05) is 0 Å². The van der Waals surface area contributed by atoms with Crippen molar-refractivity contribution < 1.29 is 29.1 Å². The second-order valence-corrected chi connectivity index (χ2v) is 28.9. The van der Waals surface area contributed by atoms with Crippen LogP contribution in [0.3, 0.4) is 0 Å². The van der Waals surface area contributed by atoms with E-state index >= 15 is 0 Å². The van der Waals surface area contributed by atoms with Gasteiger partial charge in [0.1, 0.15) is 0 Å². The van der Waals surface area contributed by atoms with Crippen LogP contribution in [0.2, 0.25) is 0 Å². The van der Waals surface area contributed by atoms with Crippen molar-refractivity contribution >= 4 is 109 Å². The van der Waals surface area contributed by atoms with E-state index in [1.54, 1.807) is 0 Å². The summed E-state index contributed by atoms with van der Waals surface area (Å²) in [6.07, 6.45) is 0. The van der Waals surface area contributed by atoms with Crippen LogP contribution in [0.15, 0.2) is 376 Å². The topological polar surface area (TPSA) is 115 Å². The lowest BCUT2D eigenvalue weighted by molar-refractivity contribution is -0.132. The van der Waals surface area contributed by atoms with Crippen molar-refractivity contribution in [1.29, 1.82) is 0 Å². The Bertz CT molecular complexity index is 2980. The molecule has 0 bridgehead atoms. The molecule has 0 aliphatic heterocycles. The minimum absolute atomic E-state index is 0.176. The molecular formula is C76H69O6P5. The van der Waals surface area contributed by atoms with Crippen LogP contribution in [0.1, 0.15) is 6.92 Å². The fourth-order valence-electron chi connectivity index (χ4n) is 8.71. The Kier molecular flexibility index (Phi) is 27.9. The molecule has 12 aromatic rings. The smallest absolute Gasteiger partial charge is 0.466 e. The van der Waals surface area contributed by atoms with E-state index in [9.17, 15) is 4.79 Å². The van der Waals surface area contributed by atoms with Gasteiger partial charge in [0.15, 0.2) is 0 Å². The Morgan fingerprint density at radius 1 is 0.253 bits per heavy atom. The van der Waals surface area contributed by atoms with Crippen LogP contribution >= 0.6 is 39.5 Å². The maximum atomic E-state index is 9.60. The molecule has 11 heteroatoms. The summed E-state index contributed by atoms with van der Waals surface area (Å²) in [5.41, 5.74) is 0.176. The van der Waals surface area contributed by atoms with Crippen LogP contribution in [0.5, 0.6) is 0 Å². The Morgan fingerprint density at radius 2 is 0.322 bits per heavy atom. The molecule has 12 rings (SSSR count). The van der Waals surface area contributed by atoms with Crippen molar-refractivity contribution in [1.82, 2.24) is 0 Å². The first kappa shape index (κ1) is 66.2. The third-order valence-corrected chi connectivity index (χ3v) is 22.3. The minimum atomic E-state index is -4.64. The van der Waals surface area contributed by atoms with Gasteiger partial charge < -0.3 is 19.8 Å². The fraction of sp³-hybridized carbons (Fsp3) is 0.0132. The molecule has 0 radical (unpaired) electrons. The van der Waals surface area contributed by atoms with Gasteiger partial charge in [-0.15, -0.1) is 0 Å². The van der Waals surface area contributed by atoms with E-state index in [0.717, 1.165) is 0 Å². The van der Waals surface area contributed by atoms with E-state index in [1.807, 2.05) is 0 Å². The molecule has 434 valence electrons. The molecule has 0 saturated carbocycles. The van der Waals surface area contributed by atoms with E-state index < -0.39 is 45.5 Å². The summed E-state index contributed by atoms with van der Waals surface area (Å²) in [7, 11) is -6.42. The van der Waals surface area contributed by atoms with Crippen LogP contribution in [0.4, 0.5) is 0 Å². The summed E-state index contributed by atoms with van der Waals surface area (Å²) in [4.78, 5) is 31.2.